The molecule has 0 fully saturated rings. The van der Waals surface area contributed by atoms with Crippen LogP contribution >= 0.6 is 0 Å². The van der Waals surface area contributed by atoms with E-state index in [9.17, 15) is 5.11 Å². The van der Waals surface area contributed by atoms with Gasteiger partial charge in [0.15, 0.2) is 0 Å². The lowest BCUT2D eigenvalue weighted by molar-refractivity contribution is -0.184. The topological polar surface area (TPSA) is 47.9 Å². The number of aliphatic hydroxyl groups is 1. The zero-order valence-electron chi connectivity index (χ0n) is 13.2. The molecule has 4 nitrogen and oxygen atoms in total. The Labute approximate surface area is 128 Å². The van der Waals surface area contributed by atoms with Gasteiger partial charge >= 0.3 is 0 Å². The zero-order chi connectivity index (χ0) is 15.4. The summed E-state index contributed by atoms with van der Waals surface area (Å²) in [6.07, 6.45) is 4.37. The van der Waals surface area contributed by atoms with Crippen molar-refractivity contribution < 1.29 is 19.3 Å². The normalized spacial score (nSPS) is 14.0. The molecule has 1 rings (SSSR count). The van der Waals surface area contributed by atoms with Crippen molar-refractivity contribution in [3.63, 3.8) is 0 Å². The molecule has 0 amide bonds. The second-order valence-electron chi connectivity index (χ2n) is 5.27. The van der Waals surface area contributed by atoms with Crippen molar-refractivity contribution in [1.82, 2.24) is 0 Å². The van der Waals surface area contributed by atoms with E-state index in [0.29, 0.717) is 6.42 Å². The van der Waals surface area contributed by atoms with Gasteiger partial charge in [0.2, 0.25) is 0 Å². The molecule has 0 unspecified atom stereocenters. The highest BCUT2D eigenvalue weighted by molar-refractivity contribution is 5.15. The van der Waals surface area contributed by atoms with Crippen LogP contribution in [0.1, 0.15) is 38.2 Å². The molecule has 0 bridgehead atoms. The van der Waals surface area contributed by atoms with E-state index in [1.165, 1.54) is 5.56 Å². The van der Waals surface area contributed by atoms with Crippen molar-refractivity contribution in [2.75, 3.05) is 27.3 Å². The maximum Gasteiger partial charge on any atom is 0.150 e. The van der Waals surface area contributed by atoms with E-state index in [0.717, 1.165) is 25.7 Å². The van der Waals surface area contributed by atoms with Gasteiger partial charge in [0.25, 0.3) is 0 Å². The first-order chi connectivity index (χ1) is 10.3. The van der Waals surface area contributed by atoms with Gasteiger partial charge < -0.3 is 19.3 Å². The summed E-state index contributed by atoms with van der Waals surface area (Å²) in [7, 11) is 1.59. The Kier molecular flexibility index (Phi) is 9.26. The lowest BCUT2D eigenvalue weighted by Crippen LogP contribution is -2.35. The quantitative estimate of drug-likeness (QED) is 0.475. The molecule has 120 valence electrons. The molecule has 0 aliphatic carbocycles. The molecule has 1 aromatic rings. The molecule has 21 heavy (non-hydrogen) atoms. The van der Waals surface area contributed by atoms with Crippen LogP contribution in [-0.4, -0.2) is 38.0 Å². The number of methoxy groups -OCH3 is 1. The summed E-state index contributed by atoms with van der Waals surface area (Å²) in [5.41, 5.74) is 0.963. The SMILES string of the molecule is CCC[C@](CCO)(CCc1ccccc1)OCOCOC. The molecule has 0 radical (unpaired) electrons. The van der Waals surface area contributed by atoms with Crippen molar-refractivity contribution >= 4 is 0 Å². The van der Waals surface area contributed by atoms with E-state index in [2.05, 4.69) is 19.1 Å². The van der Waals surface area contributed by atoms with Gasteiger partial charge in [0.1, 0.15) is 13.6 Å². The van der Waals surface area contributed by atoms with Gasteiger partial charge in [-0.25, -0.2) is 0 Å². The Morgan fingerprint density at radius 3 is 2.43 bits per heavy atom. The van der Waals surface area contributed by atoms with Crippen molar-refractivity contribution in [3.05, 3.63) is 35.9 Å². The molecule has 1 N–H and O–H groups in total. The molecule has 0 heterocycles. The summed E-state index contributed by atoms with van der Waals surface area (Å²) in [6.45, 7) is 2.68. The number of hydrogen-bond donors (Lipinski definition) is 1. The van der Waals surface area contributed by atoms with Crippen LogP contribution in [0, 0.1) is 0 Å². The Hall–Kier alpha value is -0.940. The van der Waals surface area contributed by atoms with Gasteiger partial charge in [-0.3, -0.25) is 0 Å². The number of aliphatic hydroxyl groups excluding tert-OH is 1. The molecular weight excluding hydrogens is 268 g/mol. The molecule has 0 aliphatic heterocycles. The summed E-state index contributed by atoms with van der Waals surface area (Å²) in [4.78, 5) is 0. The average Bonchev–Trinajstić information content (AvgIpc) is 2.51. The minimum Gasteiger partial charge on any atom is -0.396 e. The molecule has 0 aliphatic rings. The van der Waals surface area contributed by atoms with E-state index in [1.54, 1.807) is 7.11 Å². The fourth-order valence-corrected chi connectivity index (χ4v) is 2.55. The summed E-state index contributed by atoms with van der Waals surface area (Å²) < 4.78 is 16.1. The number of benzene rings is 1. The maximum absolute atomic E-state index is 9.38. The average molecular weight is 296 g/mol. The number of rotatable bonds is 12. The minimum atomic E-state index is -0.326. The van der Waals surface area contributed by atoms with Crippen LogP contribution in [0.15, 0.2) is 30.3 Å². The highest BCUT2D eigenvalue weighted by Gasteiger charge is 2.29. The Bertz CT molecular complexity index is 347. The molecular formula is C17H28O4. The van der Waals surface area contributed by atoms with Gasteiger partial charge in [0, 0.05) is 13.7 Å². The number of hydrogen-bond acceptors (Lipinski definition) is 4. The standard InChI is InChI=1S/C17H28O4/c1-3-10-17(12-13-18,21-15-20-14-19-2)11-9-16-7-5-4-6-8-16/h4-8,18H,3,9-15H2,1-2H3/t17-/m1/s1. The molecule has 1 aromatic carbocycles. The van der Waals surface area contributed by atoms with Crippen LogP contribution < -0.4 is 0 Å². The fraction of sp³-hybridized carbons (Fsp3) is 0.647. The summed E-state index contributed by atoms with van der Waals surface area (Å²) in [5.74, 6) is 0. The third-order valence-electron chi connectivity index (χ3n) is 3.63. The second-order valence-corrected chi connectivity index (χ2v) is 5.27. The van der Waals surface area contributed by atoms with Gasteiger partial charge in [-0.1, -0.05) is 43.7 Å². The first-order valence-corrected chi connectivity index (χ1v) is 7.62. The fourth-order valence-electron chi connectivity index (χ4n) is 2.55. The number of aryl methyl sites for hydroxylation is 1. The van der Waals surface area contributed by atoms with Crippen molar-refractivity contribution in [3.8, 4) is 0 Å². The first kappa shape index (κ1) is 18.1. The Morgan fingerprint density at radius 2 is 1.81 bits per heavy atom. The van der Waals surface area contributed by atoms with Crippen LogP contribution in [0.25, 0.3) is 0 Å². The minimum absolute atomic E-state index is 0.124. The molecule has 0 saturated heterocycles. The lowest BCUT2D eigenvalue weighted by atomic mass is 9.87. The van der Waals surface area contributed by atoms with Crippen molar-refractivity contribution in [2.45, 2.75) is 44.6 Å². The van der Waals surface area contributed by atoms with Crippen LogP contribution in [0.4, 0.5) is 0 Å². The third-order valence-corrected chi connectivity index (χ3v) is 3.63. The van der Waals surface area contributed by atoms with Crippen LogP contribution in [0.2, 0.25) is 0 Å². The van der Waals surface area contributed by atoms with Gasteiger partial charge in [-0.05, 0) is 31.2 Å². The van der Waals surface area contributed by atoms with Gasteiger partial charge in [-0.2, -0.15) is 0 Å². The zero-order valence-corrected chi connectivity index (χ0v) is 13.2. The highest BCUT2D eigenvalue weighted by Crippen LogP contribution is 2.28. The first-order valence-electron chi connectivity index (χ1n) is 7.62. The molecule has 0 spiro atoms. The molecule has 0 saturated carbocycles. The van der Waals surface area contributed by atoms with Crippen molar-refractivity contribution in [1.29, 1.82) is 0 Å². The van der Waals surface area contributed by atoms with E-state index < -0.39 is 0 Å². The van der Waals surface area contributed by atoms with Gasteiger partial charge in [-0.15, -0.1) is 0 Å². The monoisotopic (exact) mass is 296 g/mol. The molecule has 4 heteroatoms. The largest absolute Gasteiger partial charge is 0.396 e. The van der Waals surface area contributed by atoms with E-state index in [4.69, 9.17) is 14.2 Å². The summed E-state index contributed by atoms with van der Waals surface area (Å²) in [6, 6.07) is 10.4. The Balaban J connectivity index is 2.59. The summed E-state index contributed by atoms with van der Waals surface area (Å²) in [5, 5.41) is 9.38. The number of ether oxygens (including phenoxy) is 3. The van der Waals surface area contributed by atoms with Gasteiger partial charge in [0.05, 0.1) is 5.60 Å². The molecule has 0 aromatic heterocycles. The van der Waals surface area contributed by atoms with E-state index in [-0.39, 0.29) is 25.8 Å². The maximum atomic E-state index is 9.38. The molecule has 1 atom stereocenters. The van der Waals surface area contributed by atoms with Crippen LogP contribution in [-0.2, 0) is 20.6 Å². The second kappa shape index (κ2) is 10.7. The Morgan fingerprint density at radius 1 is 1.05 bits per heavy atom. The van der Waals surface area contributed by atoms with Crippen molar-refractivity contribution in [2.24, 2.45) is 0 Å². The predicted molar refractivity (Wildman–Crippen MR) is 83.0 cm³/mol. The van der Waals surface area contributed by atoms with Crippen LogP contribution in [0.3, 0.4) is 0 Å². The highest BCUT2D eigenvalue weighted by atomic mass is 16.7. The van der Waals surface area contributed by atoms with E-state index >= 15 is 0 Å². The predicted octanol–water partition coefficient (Wildman–Crippen LogP) is 3.14. The van der Waals surface area contributed by atoms with E-state index in [1.807, 2.05) is 18.2 Å². The van der Waals surface area contributed by atoms with Crippen LogP contribution in [0.5, 0.6) is 0 Å². The smallest absolute Gasteiger partial charge is 0.150 e. The summed E-state index contributed by atoms with van der Waals surface area (Å²) >= 11 is 0. The lowest BCUT2D eigenvalue weighted by Gasteiger charge is -2.33. The third kappa shape index (κ3) is 7.05.